The van der Waals surface area contributed by atoms with Gasteiger partial charge in [-0.1, -0.05) is 19.1 Å². The molecule has 0 bridgehead atoms. The molecule has 0 saturated heterocycles. The Balaban J connectivity index is 1.98. The van der Waals surface area contributed by atoms with Crippen LogP contribution in [0, 0.1) is 6.92 Å². The van der Waals surface area contributed by atoms with E-state index in [0.29, 0.717) is 24.2 Å². The van der Waals surface area contributed by atoms with E-state index in [0.717, 1.165) is 11.4 Å². The fraction of sp³-hybridized carbons (Fsp3) is 0.500. The first-order valence-electron chi connectivity index (χ1n) is 8.48. The number of nitrogens with one attached hydrogen (secondary N) is 1. The number of amides is 1. The van der Waals surface area contributed by atoms with Crippen molar-refractivity contribution in [3.05, 3.63) is 45.5 Å². The molecule has 0 fully saturated rings. The van der Waals surface area contributed by atoms with Crippen molar-refractivity contribution in [2.45, 2.75) is 52.7 Å². The third-order valence-electron chi connectivity index (χ3n) is 4.19. The van der Waals surface area contributed by atoms with Crippen LogP contribution in [0.25, 0.3) is 5.65 Å². The molecule has 1 unspecified atom stereocenters. The molecule has 1 aliphatic heterocycles. The molecule has 1 atom stereocenters. The molecule has 25 heavy (non-hydrogen) atoms. The highest BCUT2D eigenvalue weighted by Gasteiger charge is 2.31. The van der Waals surface area contributed by atoms with Crippen molar-refractivity contribution >= 4 is 11.7 Å². The third kappa shape index (κ3) is 3.18. The normalized spacial score (nSPS) is 17.5. The monoisotopic (exact) mass is 344 g/mol. The van der Waals surface area contributed by atoms with E-state index in [1.165, 1.54) is 4.52 Å². The number of hydrogen-bond acceptors (Lipinski definition) is 4. The summed E-state index contributed by atoms with van der Waals surface area (Å²) < 4.78 is 6.92. The summed E-state index contributed by atoms with van der Waals surface area (Å²) in [5.74, 6) is 0. The second kappa shape index (κ2) is 6.06. The summed E-state index contributed by atoms with van der Waals surface area (Å²) >= 11 is 0. The number of hydrogen-bond donors (Lipinski definition) is 1. The Bertz CT molecular complexity index is 901. The average Bonchev–Trinajstić information content (AvgIpc) is 3.11. The Morgan fingerprint density at radius 3 is 2.80 bits per heavy atom. The summed E-state index contributed by atoms with van der Waals surface area (Å²) in [6, 6.07) is 1.51. The molecule has 2 aromatic heterocycles. The van der Waals surface area contributed by atoms with Gasteiger partial charge in [-0.3, -0.25) is 14.8 Å². The molecule has 0 spiro atoms. The summed E-state index contributed by atoms with van der Waals surface area (Å²) in [5.41, 5.74) is 2.06. The molecule has 7 nitrogen and oxygen atoms in total. The lowest BCUT2D eigenvalue weighted by molar-refractivity contribution is 0.0238. The average molecular weight is 344 g/mol. The van der Waals surface area contributed by atoms with Gasteiger partial charge in [0.25, 0.3) is 5.56 Å². The molecule has 0 aromatic carbocycles. The Morgan fingerprint density at radius 2 is 2.16 bits per heavy atom. The van der Waals surface area contributed by atoms with Crippen LogP contribution in [0.5, 0.6) is 0 Å². The van der Waals surface area contributed by atoms with Gasteiger partial charge >= 0.3 is 6.09 Å². The van der Waals surface area contributed by atoms with Crippen molar-refractivity contribution in [3.63, 3.8) is 0 Å². The summed E-state index contributed by atoms with van der Waals surface area (Å²) in [6.07, 6.45) is 4.08. The quantitative estimate of drug-likeness (QED) is 0.850. The molecule has 1 N–H and O–H groups in total. The highest BCUT2D eigenvalue weighted by atomic mass is 16.6. The highest BCUT2D eigenvalue weighted by molar-refractivity contribution is 5.70. The minimum atomic E-state index is -0.559. The molecular formula is C18H24N4O3. The lowest BCUT2D eigenvalue weighted by Gasteiger charge is -2.28. The van der Waals surface area contributed by atoms with E-state index in [2.05, 4.69) is 10.1 Å². The number of carbonyl (C=O) groups excluding carboxylic acids is 1. The lowest BCUT2D eigenvalue weighted by Crippen LogP contribution is -2.37. The zero-order valence-corrected chi connectivity index (χ0v) is 15.3. The van der Waals surface area contributed by atoms with Crippen molar-refractivity contribution in [1.82, 2.24) is 19.5 Å². The fourth-order valence-corrected chi connectivity index (χ4v) is 3.05. The fourth-order valence-electron chi connectivity index (χ4n) is 3.05. The maximum Gasteiger partial charge on any atom is 0.411 e. The van der Waals surface area contributed by atoms with Crippen molar-refractivity contribution in [1.29, 1.82) is 0 Å². The second-order valence-corrected chi connectivity index (χ2v) is 7.25. The lowest BCUT2D eigenvalue weighted by atomic mass is 10.2. The number of carbonyl (C=O) groups is 1. The van der Waals surface area contributed by atoms with Gasteiger partial charge in [-0.05, 0) is 34.1 Å². The number of aryl methyl sites for hydroxylation is 1. The molecule has 7 heteroatoms. The van der Waals surface area contributed by atoms with Crippen LogP contribution in [0.1, 0.15) is 50.7 Å². The van der Waals surface area contributed by atoms with E-state index < -0.39 is 5.60 Å². The number of rotatable bonds is 2. The first-order chi connectivity index (χ1) is 11.7. The van der Waals surface area contributed by atoms with Crippen molar-refractivity contribution in [3.8, 4) is 0 Å². The van der Waals surface area contributed by atoms with Crippen LogP contribution >= 0.6 is 0 Å². The number of H-pyrrole nitrogens is 1. The van der Waals surface area contributed by atoms with Gasteiger partial charge < -0.3 is 4.74 Å². The first-order valence-corrected chi connectivity index (χ1v) is 8.48. The second-order valence-electron chi connectivity index (χ2n) is 7.25. The predicted octanol–water partition coefficient (Wildman–Crippen LogP) is 2.74. The number of nitrogens with zero attached hydrogens (tertiary/aromatic N) is 3. The molecule has 3 rings (SSSR count). The highest BCUT2D eigenvalue weighted by Crippen LogP contribution is 2.28. The minimum Gasteiger partial charge on any atom is -0.444 e. The topological polar surface area (TPSA) is 79.7 Å². The van der Waals surface area contributed by atoms with Gasteiger partial charge in [0.2, 0.25) is 0 Å². The van der Waals surface area contributed by atoms with Gasteiger partial charge in [-0.25, -0.2) is 14.3 Å². The Hall–Kier alpha value is -2.57. The van der Waals surface area contributed by atoms with Crippen LogP contribution in [0.4, 0.5) is 4.79 Å². The van der Waals surface area contributed by atoms with Crippen molar-refractivity contribution in [2.24, 2.45) is 0 Å². The number of aromatic nitrogens is 3. The van der Waals surface area contributed by atoms with E-state index in [-0.39, 0.29) is 17.7 Å². The third-order valence-corrected chi connectivity index (χ3v) is 4.19. The van der Waals surface area contributed by atoms with E-state index in [1.807, 2.05) is 52.8 Å². The van der Waals surface area contributed by atoms with E-state index in [1.54, 1.807) is 4.90 Å². The summed E-state index contributed by atoms with van der Waals surface area (Å²) in [5, 5.41) is 3.10. The van der Waals surface area contributed by atoms with Crippen LogP contribution in [0.2, 0.25) is 0 Å². The summed E-state index contributed by atoms with van der Waals surface area (Å²) in [4.78, 5) is 31.1. The van der Waals surface area contributed by atoms with Gasteiger partial charge in [0.15, 0.2) is 5.65 Å². The predicted molar refractivity (Wildman–Crippen MR) is 94.7 cm³/mol. The van der Waals surface area contributed by atoms with Crippen LogP contribution in [0.3, 0.4) is 0 Å². The molecular weight excluding hydrogens is 320 g/mol. The molecule has 3 heterocycles. The summed E-state index contributed by atoms with van der Waals surface area (Å²) in [7, 11) is 0. The van der Waals surface area contributed by atoms with Crippen molar-refractivity contribution in [2.75, 3.05) is 6.54 Å². The van der Waals surface area contributed by atoms with Crippen LogP contribution < -0.4 is 5.56 Å². The van der Waals surface area contributed by atoms with Gasteiger partial charge in [0, 0.05) is 23.9 Å². The van der Waals surface area contributed by atoms with Crippen molar-refractivity contribution < 1.29 is 9.53 Å². The van der Waals surface area contributed by atoms with Crippen LogP contribution in [0.15, 0.2) is 23.0 Å². The molecule has 1 aliphatic rings. The van der Waals surface area contributed by atoms with Crippen LogP contribution in [-0.4, -0.2) is 37.7 Å². The largest absolute Gasteiger partial charge is 0.444 e. The van der Waals surface area contributed by atoms with E-state index in [9.17, 15) is 9.59 Å². The van der Waals surface area contributed by atoms with Gasteiger partial charge in [0.1, 0.15) is 5.60 Å². The smallest absolute Gasteiger partial charge is 0.411 e. The Labute approximate surface area is 146 Å². The maximum absolute atomic E-state index is 12.6. The van der Waals surface area contributed by atoms with Crippen LogP contribution in [-0.2, 0) is 11.2 Å². The molecule has 0 radical (unpaired) electrons. The number of ether oxygens (including phenoxy) is 1. The molecule has 0 saturated carbocycles. The standard InChI is InChI=1S/C18H24N4O3/c1-6-12-11(2)19-15-10-13(20-22(15)16(12)23)14-8-7-9-21(14)17(24)25-18(3,4)5/h7-8,10,14,20H,6,9H2,1-5H3. The zero-order chi connectivity index (χ0) is 18.4. The van der Waals surface area contributed by atoms with Gasteiger partial charge in [-0.2, -0.15) is 0 Å². The maximum atomic E-state index is 12.6. The molecule has 1 amide bonds. The van der Waals surface area contributed by atoms with Gasteiger partial charge in [-0.15, -0.1) is 0 Å². The molecule has 2 aromatic rings. The van der Waals surface area contributed by atoms with E-state index >= 15 is 0 Å². The number of aromatic amines is 1. The molecule has 134 valence electrons. The summed E-state index contributed by atoms with van der Waals surface area (Å²) in [6.45, 7) is 9.76. The number of fused-ring (bicyclic) bond motifs is 1. The Kier molecular flexibility index (Phi) is 4.18. The zero-order valence-electron chi connectivity index (χ0n) is 15.3. The Morgan fingerprint density at radius 1 is 1.44 bits per heavy atom. The first kappa shape index (κ1) is 17.3. The van der Waals surface area contributed by atoms with E-state index in [4.69, 9.17) is 4.74 Å². The molecule has 0 aliphatic carbocycles. The van der Waals surface area contributed by atoms with Gasteiger partial charge in [0.05, 0.1) is 11.7 Å². The SMILES string of the molecule is CCc1c(C)nc2cc(C3C=CCN3C(=O)OC(C)(C)C)[nH]n2c1=O. The minimum absolute atomic E-state index is 0.0953.